The molecule has 0 aliphatic rings. The van der Waals surface area contributed by atoms with Gasteiger partial charge in [0.1, 0.15) is 5.75 Å². The van der Waals surface area contributed by atoms with Gasteiger partial charge in [-0.05, 0) is 30.2 Å². The van der Waals surface area contributed by atoms with Gasteiger partial charge in [0.05, 0.1) is 7.11 Å². The maximum Gasteiger partial charge on any atom is 0.224 e. The van der Waals surface area contributed by atoms with Crippen LogP contribution in [-0.4, -0.2) is 13.0 Å². The standard InChI is InChI=1S/C16H17NO2/c1-19-15-10-6-5-7-13(15)11-12-16(18)17-14-8-3-2-4-9-14/h2-10H,11-12H2,1H3,(H,17,18). The highest BCUT2D eigenvalue weighted by molar-refractivity contribution is 5.90. The fourth-order valence-electron chi connectivity index (χ4n) is 1.90. The Morgan fingerprint density at radius 2 is 1.74 bits per heavy atom. The number of rotatable bonds is 5. The fraction of sp³-hybridized carbons (Fsp3) is 0.188. The Balaban J connectivity index is 1.90. The fourth-order valence-corrected chi connectivity index (χ4v) is 1.90. The summed E-state index contributed by atoms with van der Waals surface area (Å²) < 4.78 is 5.26. The van der Waals surface area contributed by atoms with Crippen molar-refractivity contribution < 1.29 is 9.53 Å². The second-order valence-corrected chi connectivity index (χ2v) is 4.23. The van der Waals surface area contributed by atoms with Gasteiger partial charge >= 0.3 is 0 Å². The van der Waals surface area contributed by atoms with E-state index in [1.807, 2.05) is 54.6 Å². The van der Waals surface area contributed by atoms with E-state index in [1.54, 1.807) is 7.11 Å². The molecule has 1 amide bonds. The van der Waals surface area contributed by atoms with Crippen LogP contribution in [0.1, 0.15) is 12.0 Å². The average Bonchev–Trinajstić information content (AvgIpc) is 2.46. The summed E-state index contributed by atoms with van der Waals surface area (Å²) in [5, 5.41) is 2.87. The average molecular weight is 255 g/mol. The molecule has 0 radical (unpaired) electrons. The van der Waals surface area contributed by atoms with Gasteiger partial charge in [-0.2, -0.15) is 0 Å². The lowest BCUT2D eigenvalue weighted by atomic mass is 10.1. The zero-order valence-corrected chi connectivity index (χ0v) is 10.9. The Kier molecular flexibility index (Phi) is 4.56. The molecule has 0 saturated heterocycles. The van der Waals surface area contributed by atoms with E-state index in [2.05, 4.69) is 5.32 Å². The van der Waals surface area contributed by atoms with Crippen LogP contribution in [0.3, 0.4) is 0 Å². The lowest BCUT2D eigenvalue weighted by Gasteiger charge is -2.08. The van der Waals surface area contributed by atoms with Crippen LogP contribution in [0.15, 0.2) is 54.6 Å². The van der Waals surface area contributed by atoms with E-state index in [1.165, 1.54) is 0 Å². The van der Waals surface area contributed by atoms with E-state index >= 15 is 0 Å². The van der Waals surface area contributed by atoms with E-state index in [4.69, 9.17) is 4.74 Å². The van der Waals surface area contributed by atoms with Crippen LogP contribution in [0.5, 0.6) is 5.75 Å². The second kappa shape index (κ2) is 6.59. The summed E-state index contributed by atoms with van der Waals surface area (Å²) in [4.78, 5) is 11.8. The normalized spacial score (nSPS) is 9.95. The number of hydrogen-bond acceptors (Lipinski definition) is 2. The summed E-state index contributed by atoms with van der Waals surface area (Å²) >= 11 is 0. The van der Waals surface area contributed by atoms with E-state index < -0.39 is 0 Å². The number of aryl methyl sites for hydroxylation is 1. The Morgan fingerprint density at radius 3 is 2.47 bits per heavy atom. The predicted octanol–water partition coefficient (Wildman–Crippen LogP) is 3.27. The number of methoxy groups -OCH3 is 1. The van der Waals surface area contributed by atoms with Crippen LogP contribution in [0, 0.1) is 0 Å². The topological polar surface area (TPSA) is 38.3 Å². The molecule has 0 saturated carbocycles. The molecule has 0 aromatic heterocycles. The SMILES string of the molecule is COc1ccccc1CCC(=O)Nc1ccccc1. The molecule has 3 nitrogen and oxygen atoms in total. The van der Waals surface area contributed by atoms with Crippen molar-refractivity contribution in [3.05, 3.63) is 60.2 Å². The number of hydrogen-bond donors (Lipinski definition) is 1. The predicted molar refractivity (Wildman–Crippen MR) is 76.4 cm³/mol. The highest BCUT2D eigenvalue weighted by atomic mass is 16.5. The molecule has 0 spiro atoms. The quantitative estimate of drug-likeness (QED) is 0.890. The summed E-state index contributed by atoms with van der Waals surface area (Å²) in [5.41, 5.74) is 1.88. The van der Waals surface area contributed by atoms with Gasteiger partial charge in [0, 0.05) is 12.1 Å². The van der Waals surface area contributed by atoms with Gasteiger partial charge in [-0.3, -0.25) is 4.79 Å². The molecule has 2 aromatic carbocycles. The number of anilines is 1. The molecule has 0 unspecified atom stereocenters. The third kappa shape index (κ3) is 3.85. The smallest absolute Gasteiger partial charge is 0.224 e. The van der Waals surface area contributed by atoms with Crippen LogP contribution in [0.4, 0.5) is 5.69 Å². The first kappa shape index (κ1) is 13.1. The molecule has 3 heteroatoms. The molecule has 19 heavy (non-hydrogen) atoms. The second-order valence-electron chi connectivity index (χ2n) is 4.23. The zero-order chi connectivity index (χ0) is 13.5. The van der Waals surface area contributed by atoms with Gasteiger partial charge in [-0.1, -0.05) is 36.4 Å². The molecular weight excluding hydrogens is 238 g/mol. The summed E-state index contributed by atoms with van der Waals surface area (Å²) in [6.45, 7) is 0. The number of nitrogens with one attached hydrogen (secondary N) is 1. The maximum absolute atomic E-state index is 11.8. The van der Waals surface area contributed by atoms with Crippen LogP contribution in [-0.2, 0) is 11.2 Å². The van der Waals surface area contributed by atoms with Gasteiger partial charge in [0.2, 0.25) is 5.91 Å². The largest absolute Gasteiger partial charge is 0.496 e. The van der Waals surface area contributed by atoms with Crippen molar-refractivity contribution in [1.29, 1.82) is 0 Å². The molecule has 2 rings (SSSR count). The molecule has 0 heterocycles. The van der Waals surface area contributed by atoms with Crippen molar-refractivity contribution in [2.24, 2.45) is 0 Å². The molecule has 98 valence electrons. The van der Waals surface area contributed by atoms with Crippen LogP contribution in [0.25, 0.3) is 0 Å². The molecule has 0 aliphatic carbocycles. The van der Waals surface area contributed by atoms with Crippen LogP contribution >= 0.6 is 0 Å². The van der Waals surface area contributed by atoms with Crippen molar-refractivity contribution in [3.63, 3.8) is 0 Å². The molecule has 0 atom stereocenters. The lowest BCUT2D eigenvalue weighted by Crippen LogP contribution is -2.12. The number of carbonyl (C=O) groups excluding carboxylic acids is 1. The monoisotopic (exact) mass is 255 g/mol. The van der Waals surface area contributed by atoms with Crippen molar-refractivity contribution in [2.45, 2.75) is 12.8 Å². The number of para-hydroxylation sites is 2. The van der Waals surface area contributed by atoms with E-state index in [0.717, 1.165) is 17.0 Å². The van der Waals surface area contributed by atoms with Crippen molar-refractivity contribution >= 4 is 11.6 Å². The minimum Gasteiger partial charge on any atom is -0.496 e. The van der Waals surface area contributed by atoms with Gasteiger partial charge in [0.25, 0.3) is 0 Å². The molecule has 1 N–H and O–H groups in total. The summed E-state index contributed by atoms with van der Waals surface area (Å²) in [7, 11) is 1.64. The minimum atomic E-state index is 0.0112. The first-order valence-electron chi connectivity index (χ1n) is 6.26. The number of amides is 1. The highest BCUT2D eigenvalue weighted by Gasteiger charge is 2.06. The molecule has 2 aromatic rings. The van der Waals surface area contributed by atoms with E-state index in [-0.39, 0.29) is 5.91 Å². The van der Waals surface area contributed by atoms with E-state index in [0.29, 0.717) is 12.8 Å². The molecule has 0 bridgehead atoms. The van der Waals surface area contributed by atoms with Gasteiger partial charge in [0.15, 0.2) is 0 Å². The Morgan fingerprint density at radius 1 is 1.05 bits per heavy atom. The third-order valence-corrected chi connectivity index (χ3v) is 2.87. The first-order valence-corrected chi connectivity index (χ1v) is 6.26. The summed E-state index contributed by atoms with van der Waals surface area (Å²) in [6, 6.07) is 17.2. The third-order valence-electron chi connectivity index (χ3n) is 2.87. The summed E-state index contributed by atoms with van der Waals surface area (Å²) in [6.07, 6.45) is 1.11. The van der Waals surface area contributed by atoms with Crippen LogP contribution in [0.2, 0.25) is 0 Å². The van der Waals surface area contributed by atoms with Gasteiger partial charge < -0.3 is 10.1 Å². The van der Waals surface area contributed by atoms with Crippen molar-refractivity contribution in [1.82, 2.24) is 0 Å². The number of carbonyl (C=O) groups is 1. The van der Waals surface area contributed by atoms with Gasteiger partial charge in [-0.25, -0.2) is 0 Å². The summed E-state index contributed by atoms with van der Waals surface area (Å²) in [5.74, 6) is 0.840. The Hall–Kier alpha value is -2.29. The minimum absolute atomic E-state index is 0.0112. The number of ether oxygens (including phenoxy) is 1. The van der Waals surface area contributed by atoms with Gasteiger partial charge in [-0.15, -0.1) is 0 Å². The zero-order valence-electron chi connectivity index (χ0n) is 10.9. The molecule has 0 aliphatic heterocycles. The highest BCUT2D eigenvalue weighted by Crippen LogP contribution is 2.19. The van der Waals surface area contributed by atoms with E-state index in [9.17, 15) is 4.79 Å². The first-order chi connectivity index (χ1) is 9.29. The van der Waals surface area contributed by atoms with Crippen molar-refractivity contribution in [3.8, 4) is 5.75 Å². The van der Waals surface area contributed by atoms with Crippen molar-refractivity contribution in [2.75, 3.05) is 12.4 Å². The van der Waals surface area contributed by atoms with Crippen LogP contribution < -0.4 is 10.1 Å². The Labute approximate surface area is 113 Å². The number of benzene rings is 2. The Bertz CT molecular complexity index is 537. The molecule has 0 fully saturated rings. The lowest BCUT2D eigenvalue weighted by molar-refractivity contribution is -0.116. The molecular formula is C16H17NO2. The maximum atomic E-state index is 11.8.